The summed E-state index contributed by atoms with van der Waals surface area (Å²) >= 11 is 0. The zero-order valence-corrected chi connectivity index (χ0v) is 14.4. The van der Waals surface area contributed by atoms with Gasteiger partial charge in [0.2, 0.25) is 0 Å². The van der Waals surface area contributed by atoms with E-state index < -0.39 is 0 Å². The number of ether oxygens (including phenoxy) is 2. The molecule has 1 heterocycles. The third-order valence-corrected chi connectivity index (χ3v) is 4.49. The van der Waals surface area contributed by atoms with Crippen LogP contribution in [0, 0.1) is 0 Å². The Kier molecular flexibility index (Phi) is 4.13. The summed E-state index contributed by atoms with van der Waals surface area (Å²) in [4.78, 5) is 14.3. The van der Waals surface area contributed by atoms with Crippen molar-refractivity contribution < 1.29 is 19.4 Å². The summed E-state index contributed by atoms with van der Waals surface area (Å²) in [5.74, 6) is 1.12. The van der Waals surface area contributed by atoms with E-state index in [1.165, 1.54) is 0 Å². The van der Waals surface area contributed by atoms with E-state index >= 15 is 0 Å². The van der Waals surface area contributed by atoms with Crippen LogP contribution in [0.4, 0.5) is 0 Å². The Balaban J connectivity index is 1.51. The quantitative estimate of drug-likeness (QED) is 0.787. The number of fused-ring (bicyclic) bond motifs is 2. The lowest BCUT2D eigenvalue weighted by Gasteiger charge is -2.29. The second-order valence-electron chi connectivity index (χ2n) is 6.40. The largest absolute Gasteiger partial charge is 0.507 e. The van der Waals surface area contributed by atoms with Crippen molar-refractivity contribution in [3.05, 3.63) is 66.2 Å². The second kappa shape index (κ2) is 6.59. The molecule has 26 heavy (non-hydrogen) atoms. The van der Waals surface area contributed by atoms with E-state index in [1.807, 2.05) is 48.5 Å². The number of nitrogens with zero attached hydrogens (tertiary/aromatic N) is 1. The fourth-order valence-electron chi connectivity index (χ4n) is 3.15. The molecular weight excluding hydrogens is 330 g/mol. The van der Waals surface area contributed by atoms with Crippen LogP contribution in [0.3, 0.4) is 0 Å². The van der Waals surface area contributed by atoms with Gasteiger partial charge in [0.1, 0.15) is 12.4 Å². The van der Waals surface area contributed by atoms with E-state index in [4.69, 9.17) is 9.47 Å². The van der Waals surface area contributed by atoms with Crippen LogP contribution in [0.5, 0.6) is 17.2 Å². The lowest BCUT2D eigenvalue weighted by Crippen LogP contribution is -2.41. The Labute approximate surface area is 151 Å². The topological polar surface area (TPSA) is 59.0 Å². The third kappa shape index (κ3) is 3.04. The number of carbonyl (C=O) groups is 1. The Morgan fingerprint density at radius 1 is 1.08 bits per heavy atom. The molecule has 0 saturated heterocycles. The summed E-state index contributed by atoms with van der Waals surface area (Å²) in [6.45, 7) is 0.734. The van der Waals surface area contributed by atoms with Crippen molar-refractivity contribution in [2.75, 3.05) is 20.2 Å². The maximum Gasteiger partial charge on any atom is 0.257 e. The molecule has 4 rings (SSSR count). The van der Waals surface area contributed by atoms with Gasteiger partial charge in [-0.2, -0.15) is 0 Å². The van der Waals surface area contributed by atoms with Crippen molar-refractivity contribution in [1.82, 2.24) is 4.90 Å². The van der Waals surface area contributed by atoms with E-state index in [2.05, 4.69) is 0 Å². The molecule has 0 aromatic heterocycles. The highest BCUT2D eigenvalue weighted by molar-refractivity contribution is 6.01. The number of benzene rings is 3. The minimum absolute atomic E-state index is 0.0216. The molecule has 1 aliphatic rings. The molecule has 1 atom stereocenters. The van der Waals surface area contributed by atoms with Crippen molar-refractivity contribution >= 4 is 16.7 Å². The molecule has 0 bridgehead atoms. The number of phenolic OH excluding ortho intramolecular Hbond substituents is 1. The lowest BCUT2D eigenvalue weighted by atomic mass is 10.0. The van der Waals surface area contributed by atoms with Crippen LogP contribution < -0.4 is 9.47 Å². The minimum atomic E-state index is -0.263. The average molecular weight is 349 g/mol. The predicted molar refractivity (Wildman–Crippen MR) is 98.9 cm³/mol. The number of phenols is 1. The van der Waals surface area contributed by atoms with E-state index in [0.29, 0.717) is 24.7 Å². The van der Waals surface area contributed by atoms with Crippen molar-refractivity contribution in [3.63, 3.8) is 0 Å². The number of hydrogen-bond donors (Lipinski definition) is 1. The van der Waals surface area contributed by atoms with Gasteiger partial charge in [-0.3, -0.25) is 4.79 Å². The molecule has 1 amide bonds. The maximum atomic E-state index is 12.8. The molecule has 0 fully saturated rings. The molecule has 0 radical (unpaired) electrons. The van der Waals surface area contributed by atoms with Crippen LogP contribution in [0.2, 0.25) is 0 Å². The van der Waals surface area contributed by atoms with Crippen LogP contribution in [-0.4, -0.2) is 42.2 Å². The zero-order chi connectivity index (χ0) is 18.1. The van der Waals surface area contributed by atoms with Crippen LogP contribution in [0.15, 0.2) is 60.7 Å². The maximum absolute atomic E-state index is 12.8. The van der Waals surface area contributed by atoms with Gasteiger partial charge in [0.15, 0.2) is 17.6 Å². The molecule has 0 aliphatic carbocycles. The average Bonchev–Trinajstić information content (AvgIpc) is 2.66. The SMILES string of the molecule is CN(C[C@@H]1COc2ccccc2O1)C(=O)c1cc2ccccc2cc1O. The Morgan fingerprint density at radius 2 is 1.73 bits per heavy atom. The normalized spacial score (nSPS) is 15.7. The van der Waals surface area contributed by atoms with Crippen molar-refractivity contribution in [2.45, 2.75) is 6.10 Å². The van der Waals surface area contributed by atoms with Crippen LogP contribution >= 0.6 is 0 Å². The second-order valence-corrected chi connectivity index (χ2v) is 6.40. The Hall–Kier alpha value is -3.21. The third-order valence-electron chi connectivity index (χ3n) is 4.49. The number of hydrogen-bond acceptors (Lipinski definition) is 4. The first-order chi connectivity index (χ1) is 12.6. The molecule has 1 N–H and O–H groups in total. The van der Waals surface area contributed by atoms with Crippen molar-refractivity contribution in [3.8, 4) is 17.2 Å². The van der Waals surface area contributed by atoms with Gasteiger partial charge in [-0.15, -0.1) is 0 Å². The van der Waals surface area contributed by atoms with Crippen LogP contribution in [0.1, 0.15) is 10.4 Å². The number of carbonyl (C=O) groups excluding carboxylic acids is 1. The molecule has 0 saturated carbocycles. The van der Waals surface area contributed by atoms with E-state index in [-0.39, 0.29) is 23.3 Å². The monoisotopic (exact) mass is 349 g/mol. The smallest absolute Gasteiger partial charge is 0.257 e. The number of rotatable bonds is 3. The van der Waals surface area contributed by atoms with Crippen LogP contribution in [0.25, 0.3) is 10.8 Å². The van der Waals surface area contributed by atoms with Gasteiger partial charge in [-0.25, -0.2) is 0 Å². The van der Waals surface area contributed by atoms with Gasteiger partial charge in [0.25, 0.3) is 5.91 Å². The number of likely N-dealkylation sites (N-methyl/N-ethyl adjacent to an activating group) is 1. The molecule has 1 aliphatic heterocycles. The first-order valence-corrected chi connectivity index (χ1v) is 8.47. The lowest BCUT2D eigenvalue weighted by molar-refractivity contribution is 0.0519. The summed E-state index contributed by atoms with van der Waals surface area (Å²) in [6.07, 6.45) is -0.263. The van der Waals surface area contributed by atoms with E-state index in [1.54, 1.807) is 24.1 Å². The highest BCUT2D eigenvalue weighted by Gasteiger charge is 2.25. The van der Waals surface area contributed by atoms with Gasteiger partial charge in [0, 0.05) is 7.05 Å². The number of amides is 1. The molecule has 3 aromatic rings. The predicted octanol–water partition coefficient (Wildman–Crippen LogP) is 3.46. The van der Waals surface area contributed by atoms with Crippen molar-refractivity contribution in [2.24, 2.45) is 0 Å². The number of aromatic hydroxyl groups is 1. The number of para-hydroxylation sites is 2. The first-order valence-electron chi connectivity index (χ1n) is 8.47. The fraction of sp³-hybridized carbons (Fsp3) is 0.190. The van der Waals surface area contributed by atoms with Gasteiger partial charge in [0.05, 0.1) is 12.1 Å². The highest BCUT2D eigenvalue weighted by Crippen LogP contribution is 2.31. The molecule has 5 nitrogen and oxygen atoms in total. The van der Waals surface area contributed by atoms with Gasteiger partial charge in [-0.1, -0.05) is 36.4 Å². The molecule has 132 valence electrons. The van der Waals surface area contributed by atoms with E-state index in [0.717, 1.165) is 10.8 Å². The summed E-state index contributed by atoms with van der Waals surface area (Å²) < 4.78 is 11.6. The van der Waals surface area contributed by atoms with Crippen LogP contribution in [-0.2, 0) is 0 Å². The molecular formula is C21H19NO4. The van der Waals surface area contributed by atoms with Crippen molar-refractivity contribution in [1.29, 1.82) is 0 Å². The Bertz CT molecular complexity index is 969. The highest BCUT2D eigenvalue weighted by atomic mass is 16.6. The zero-order valence-electron chi connectivity index (χ0n) is 14.4. The minimum Gasteiger partial charge on any atom is -0.507 e. The molecule has 5 heteroatoms. The summed E-state index contributed by atoms with van der Waals surface area (Å²) in [6, 6.07) is 18.4. The van der Waals surface area contributed by atoms with Gasteiger partial charge >= 0.3 is 0 Å². The first kappa shape index (κ1) is 16.3. The Morgan fingerprint density at radius 3 is 2.50 bits per heavy atom. The summed E-state index contributed by atoms with van der Waals surface area (Å²) in [5, 5.41) is 12.1. The standard InChI is InChI=1S/C21H19NO4/c1-22(12-16-13-25-19-8-4-5-9-20(19)26-16)21(24)17-10-14-6-2-3-7-15(14)11-18(17)23/h2-11,16,23H,12-13H2,1H3/t16-/m1/s1. The summed E-state index contributed by atoms with van der Waals surface area (Å²) in [5.41, 5.74) is 0.281. The molecule has 3 aromatic carbocycles. The van der Waals surface area contributed by atoms with E-state index in [9.17, 15) is 9.90 Å². The van der Waals surface area contributed by atoms with Gasteiger partial charge < -0.3 is 19.5 Å². The van der Waals surface area contributed by atoms with Gasteiger partial charge in [-0.05, 0) is 35.0 Å². The summed E-state index contributed by atoms with van der Waals surface area (Å²) in [7, 11) is 1.70. The molecule has 0 spiro atoms. The molecule has 0 unspecified atom stereocenters. The fourth-order valence-corrected chi connectivity index (χ4v) is 3.15.